The van der Waals surface area contributed by atoms with Crippen molar-refractivity contribution in [2.45, 2.75) is 32.6 Å². The zero-order chi connectivity index (χ0) is 20.9. The number of nitrogens with zero attached hydrogens (tertiary/aromatic N) is 5. The summed E-state index contributed by atoms with van der Waals surface area (Å²) in [6.45, 7) is 4.90. The topological polar surface area (TPSA) is 68.7 Å². The summed E-state index contributed by atoms with van der Waals surface area (Å²) in [5, 5.41) is 0. The summed E-state index contributed by atoms with van der Waals surface area (Å²) in [6.07, 6.45) is -0.616. The number of benzene rings is 1. The number of allylic oxidation sites excluding steroid dienone is 2. The molecule has 3 amide bonds. The second kappa shape index (κ2) is 7.14. The summed E-state index contributed by atoms with van der Waals surface area (Å²) in [4.78, 5) is 37.4. The number of rotatable bonds is 5. The van der Waals surface area contributed by atoms with Crippen molar-refractivity contribution in [1.29, 1.82) is 0 Å². The molecule has 1 aromatic rings. The van der Waals surface area contributed by atoms with Crippen LogP contribution in [0.3, 0.4) is 0 Å². The predicted molar refractivity (Wildman–Crippen MR) is 104 cm³/mol. The van der Waals surface area contributed by atoms with Crippen molar-refractivity contribution < 1.29 is 18.7 Å². The second-order valence-corrected chi connectivity index (χ2v) is 7.38. The average molecular weight is 401 g/mol. The Hall–Kier alpha value is -2.94. The number of ether oxygens (including phenoxy) is 1. The standard InChI is InChI=1S/C20H24FN5O3/c1-12-13(2)26-16-17(22-19(26)24(12)9-10-29-4)23(3)20(28)25(18(16)27)11-14-7-5-6-8-15(14)21/h5-8,16-17H,9-11H2,1-4H3. The Kier molecular flexibility index (Phi) is 4.77. The Morgan fingerprint density at radius 3 is 2.55 bits per heavy atom. The van der Waals surface area contributed by atoms with Gasteiger partial charge in [0, 0.05) is 37.7 Å². The molecule has 1 fully saturated rings. The molecule has 2 atom stereocenters. The lowest BCUT2D eigenvalue weighted by molar-refractivity contribution is -0.137. The van der Waals surface area contributed by atoms with E-state index >= 15 is 0 Å². The fourth-order valence-electron chi connectivity index (χ4n) is 4.07. The maximum atomic E-state index is 14.1. The van der Waals surface area contributed by atoms with Gasteiger partial charge in [0.25, 0.3) is 5.91 Å². The molecule has 4 rings (SSSR count). The minimum absolute atomic E-state index is 0.115. The molecule has 0 aromatic heterocycles. The number of aliphatic imine (C=N–C) groups is 1. The lowest BCUT2D eigenvalue weighted by Crippen LogP contribution is -2.64. The van der Waals surface area contributed by atoms with Crippen molar-refractivity contribution >= 4 is 17.9 Å². The first-order chi connectivity index (χ1) is 13.9. The molecule has 2 unspecified atom stereocenters. The normalized spacial score (nSPS) is 23.8. The van der Waals surface area contributed by atoms with E-state index in [-0.39, 0.29) is 12.5 Å². The van der Waals surface area contributed by atoms with Gasteiger partial charge in [-0.25, -0.2) is 14.2 Å². The Labute approximate surface area is 168 Å². The van der Waals surface area contributed by atoms with Crippen LogP contribution in [0.15, 0.2) is 40.7 Å². The molecule has 3 aliphatic heterocycles. The minimum Gasteiger partial charge on any atom is -0.383 e. The summed E-state index contributed by atoms with van der Waals surface area (Å²) >= 11 is 0. The molecular formula is C20H24FN5O3. The van der Waals surface area contributed by atoms with Crippen LogP contribution >= 0.6 is 0 Å². The van der Waals surface area contributed by atoms with Crippen LogP contribution in [0.2, 0.25) is 0 Å². The number of likely N-dealkylation sites (N-methyl/N-ethyl adjacent to an activating group) is 1. The van der Waals surface area contributed by atoms with E-state index in [4.69, 9.17) is 9.73 Å². The first-order valence-electron chi connectivity index (χ1n) is 9.49. The van der Waals surface area contributed by atoms with E-state index in [0.717, 1.165) is 16.3 Å². The maximum Gasteiger partial charge on any atom is 0.328 e. The molecule has 3 heterocycles. The van der Waals surface area contributed by atoms with Gasteiger partial charge in [0.2, 0.25) is 5.96 Å². The van der Waals surface area contributed by atoms with Crippen LogP contribution in [0.1, 0.15) is 19.4 Å². The quantitative estimate of drug-likeness (QED) is 0.753. The van der Waals surface area contributed by atoms with Gasteiger partial charge in [0.1, 0.15) is 5.82 Å². The van der Waals surface area contributed by atoms with Crippen molar-refractivity contribution in [3.05, 3.63) is 47.0 Å². The van der Waals surface area contributed by atoms with E-state index in [0.29, 0.717) is 24.7 Å². The van der Waals surface area contributed by atoms with E-state index in [1.165, 1.54) is 11.0 Å². The van der Waals surface area contributed by atoms with Crippen LogP contribution in [-0.2, 0) is 16.1 Å². The molecule has 0 N–H and O–H groups in total. The van der Waals surface area contributed by atoms with Gasteiger partial charge in [-0.05, 0) is 19.9 Å². The summed E-state index contributed by atoms with van der Waals surface area (Å²) in [5.74, 6) is -0.172. The fraction of sp³-hybridized carbons (Fsp3) is 0.450. The third-order valence-electron chi connectivity index (χ3n) is 5.81. The number of carbonyl (C=O) groups is 2. The summed E-state index contributed by atoms with van der Waals surface area (Å²) < 4.78 is 19.3. The third kappa shape index (κ3) is 2.88. The maximum absolute atomic E-state index is 14.1. The highest BCUT2D eigenvalue weighted by atomic mass is 19.1. The smallest absolute Gasteiger partial charge is 0.328 e. The Morgan fingerprint density at radius 2 is 1.86 bits per heavy atom. The number of imide groups is 1. The minimum atomic E-state index is -0.665. The lowest BCUT2D eigenvalue weighted by Gasteiger charge is -2.40. The molecule has 0 saturated carbocycles. The number of amides is 3. The van der Waals surface area contributed by atoms with Gasteiger partial charge < -0.3 is 14.5 Å². The molecule has 0 radical (unpaired) electrons. The van der Waals surface area contributed by atoms with E-state index in [1.807, 2.05) is 23.6 Å². The van der Waals surface area contributed by atoms with Crippen LogP contribution in [0, 0.1) is 5.82 Å². The molecule has 1 saturated heterocycles. The van der Waals surface area contributed by atoms with Crippen LogP contribution in [0.4, 0.5) is 9.18 Å². The zero-order valence-corrected chi connectivity index (χ0v) is 16.9. The first-order valence-corrected chi connectivity index (χ1v) is 9.49. The van der Waals surface area contributed by atoms with Crippen LogP contribution in [0.5, 0.6) is 0 Å². The highest BCUT2D eigenvalue weighted by molar-refractivity contribution is 6.05. The largest absolute Gasteiger partial charge is 0.383 e. The molecule has 0 bridgehead atoms. The van der Waals surface area contributed by atoms with E-state index in [1.54, 1.807) is 32.4 Å². The van der Waals surface area contributed by atoms with Crippen molar-refractivity contribution in [1.82, 2.24) is 19.6 Å². The van der Waals surface area contributed by atoms with Gasteiger partial charge >= 0.3 is 6.03 Å². The fourth-order valence-corrected chi connectivity index (χ4v) is 4.07. The molecule has 1 aromatic carbocycles. The number of methoxy groups -OCH3 is 1. The molecule has 0 aliphatic carbocycles. The number of hydrogen-bond acceptors (Lipinski definition) is 6. The van der Waals surface area contributed by atoms with Gasteiger partial charge in [0.05, 0.1) is 13.2 Å². The lowest BCUT2D eigenvalue weighted by atomic mass is 10.1. The number of halogens is 1. The molecular weight excluding hydrogens is 377 g/mol. The predicted octanol–water partition coefficient (Wildman–Crippen LogP) is 1.80. The highest BCUT2D eigenvalue weighted by Gasteiger charge is 2.55. The number of fused-ring (bicyclic) bond motifs is 3. The Balaban J connectivity index is 1.66. The molecule has 3 aliphatic rings. The van der Waals surface area contributed by atoms with Crippen LogP contribution in [0.25, 0.3) is 0 Å². The molecule has 9 heteroatoms. The van der Waals surface area contributed by atoms with Crippen molar-refractivity contribution in [2.24, 2.45) is 4.99 Å². The summed E-state index contributed by atoms with van der Waals surface area (Å²) in [7, 11) is 3.25. The van der Waals surface area contributed by atoms with Crippen LogP contribution in [-0.4, -0.2) is 77.0 Å². The number of hydrogen-bond donors (Lipinski definition) is 0. The average Bonchev–Trinajstić information content (AvgIpc) is 3.20. The number of urea groups is 1. The van der Waals surface area contributed by atoms with E-state index in [2.05, 4.69) is 0 Å². The zero-order valence-electron chi connectivity index (χ0n) is 16.9. The summed E-state index contributed by atoms with van der Waals surface area (Å²) in [6, 6.07) is 5.02. The summed E-state index contributed by atoms with van der Waals surface area (Å²) in [5.41, 5.74) is 2.20. The molecule has 0 spiro atoms. The highest BCUT2D eigenvalue weighted by Crippen LogP contribution is 2.37. The Morgan fingerprint density at radius 1 is 1.14 bits per heavy atom. The van der Waals surface area contributed by atoms with Gasteiger partial charge in [-0.1, -0.05) is 18.2 Å². The Bertz CT molecular complexity index is 930. The monoisotopic (exact) mass is 401 g/mol. The van der Waals surface area contributed by atoms with Gasteiger partial charge in [-0.3, -0.25) is 14.6 Å². The third-order valence-corrected chi connectivity index (χ3v) is 5.81. The first kappa shape index (κ1) is 19.4. The van der Waals surface area contributed by atoms with Gasteiger partial charge in [-0.2, -0.15) is 0 Å². The van der Waals surface area contributed by atoms with Crippen molar-refractivity contribution in [3.8, 4) is 0 Å². The van der Waals surface area contributed by atoms with Crippen molar-refractivity contribution in [3.63, 3.8) is 0 Å². The molecule has 8 nitrogen and oxygen atoms in total. The number of carbonyl (C=O) groups excluding carboxylic acids is 2. The molecule has 29 heavy (non-hydrogen) atoms. The number of guanidine groups is 1. The SMILES string of the molecule is COCCN1C2=NC3C(C(=O)N(Cc4ccccc4F)C(=O)N3C)N2C(C)=C1C. The van der Waals surface area contributed by atoms with E-state index < -0.39 is 24.1 Å². The second-order valence-electron chi connectivity index (χ2n) is 7.38. The van der Waals surface area contributed by atoms with E-state index in [9.17, 15) is 14.0 Å². The van der Waals surface area contributed by atoms with Gasteiger partial charge in [-0.15, -0.1) is 0 Å². The van der Waals surface area contributed by atoms with Gasteiger partial charge in [0.15, 0.2) is 12.2 Å². The van der Waals surface area contributed by atoms with Crippen molar-refractivity contribution in [2.75, 3.05) is 27.3 Å². The molecule has 154 valence electrons. The van der Waals surface area contributed by atoms with Crippen LogP contribution < -0.4 is 0 Å².